The summed E-state index contributed by atoms with van der Waals surface area (Å²) in [6, 6.07) is 11.1. The van der Waals surface area contributed by atoms with Crippen molar-refractivity contribution in [2.24, 2.45) is 5.92 Å². The molecule has 2 fully saturated rings. The van der Waals surface area contributed by atoms with Crippen LogP contribution in [0.2, 0.25) is 0 Å². The van der Waals surface area contributed by atoms with Crippen LogP contribution in [0.3, 0.4) is 0 Å². The zero-order valence-electron chi connectivity index (χ0n) is 17.7. The van der Waals surface area contributed by atoms with E-state index in [4.69, 9.17) is 0 Å². The Bertz CT molecular complexity index is 627. The third-order valence-corrected chi connectivity index (χ3v) is 6.50. The fraction of sp³-hybridized carbons (Fsp3) is 0.625. The number of hydrogen-bond donors (Lipinski definition) is 1. The lowest BCUT2D eigenvalue weighted by atomic mass is 9.92. The highest BCUT2D eigenvalue weighted by Crippen LogP contribution is 2.24. The fourth-order valence-corrected chi connectivity index (χ4v) is 4.53. The van der Waals surface area contributed by atoms with Crippen molar-refractivity contribution in [3.05, 3.63) is 47.5 Å². The lowest BCUT2D eigenvalue weighted by Gasteiger charge is -2.41. The second-order valence-corrected chi connectivity index (χ2v) is 8.48. The van der Waals surface area contributed by atoms with Gasteiger partial charge in [0, 0.05) is 25.0 Å². The molecule has 0 aromatic heterocycles. The Hall–Kier alpha value is -1.65. The van der Waals surface area contributed by atoms with Crippen molar-refractivity contribution in [2.75, 3.05) is 39.3 Å². The van der Waals surface area contributed by atoms with Gasteiger partial charge in [0.25, 0.3) is 0 Å². The number of amides is 1. The van der Waals surface area contributed by atoms with Crippen LogP contribution in [-0.4, -0.2) is 61.0 Å². The Balaban J connectivity index is 1.33. The number of likely N-dealkylation sites (tertiary alicyclic amines) is 2. The van der Waals surface area contributed by atoms with E-state index in [0.29, 0.717) is 6.04 Å². The highest BCUT2D eigenvalue weighted by atomic mass is 16.1. The van der Waals surface area contributed by atoms with Gasteiger partial charge in [0.1, 0.15) is 0 Å². The molecule has 1 aromatic rings. The molecule has 4 nitrogen and oxygen atoms in total. The Morgan fingerprint density at radius 3 is 2.39 bits per heavy atom. The predicted molar refractivity (Wildman–Crippen MR) is 116 cm³/mol. The van der Waals surface area contributed by atoms with Crippen LogP contribution in [0.1, 0.15) is 45.1 Å². The van der Waals surface area contributed by atoms with Crippen LogP contribution in [0.25, 0.3) is 0 Å². The van der Waals surface area contributed by atoms with Crippen LogP contribution in [0.15, 0.2) is 42.0 Å². The molecule has 3 rings (SSSR count). The van der Waals surface area contributed by atoms with Gasteiger partial charge in [-0.25, -0.2) is 0 Å². The first kappa shape index (κ1) is 21.1. The summed E-state index contributed by atoms with van der Waals surface area (Å²) in [4.78, 5) is 17.7. The van der Waals surface area contributed by atoms with Gasteiger partial charge in [-0.05, 0) is 77.7 Å². The monoisotopic (exact) mass is 383 g/mol. The lowest BCUT2D eigenvalue weighted by molar-refractivity contribution is -0.126. The Labute approximate surface area is 171 Å². The van der Waals surface area contributed by atoms with Crippen molar-refractivity contribution in [3.63, 3.8) is 0 Å². The molecule has 0 atom stereocenters. The Morgan fingerprint density at radius 2 is 1.75 bits per heavy atom. The number of carbonyl (C=O) groups is 1. The lowest BCUT2D eigenvalue weighted by Crippen LogP contribution is -2.49. The Kier molecular flexibility index (Phi) is 8.11. The SMILES string of the molecule is CC=C(C)CN1CCC(N2CCC(C(=O)NCCc3ccccc3)CC2)CC1. The van der Waals surface area contributed by atoms with E-state index < -0.39 is 0 Å². The molecule has 0 bridgehead atoms. The van der Waals surface area contributed by atoms with Crippen LogP contribution in [0.4, 0.5) is 0 Å². The average molecular weight is 384 g/mol. The second kappa shape index (κ2) is 10.8. The van der Waals surface area contributed by atoms with E-state index in [2.05, 4.69) is 59.3 Å². The van der Waals surface area contributed by atoms with Crippen LogP contribution < -0.4 is 5.32 Å². The van der Waals surface area contributed by atoms with Crippen molar-refractivity contribution in [1.82, 2.24) is 15.1 Å². The van der Waals surface area contributed by atoms with Gasteiger partial charge >= 0.3 is 0 Å². The molecule has 0 aliphatic carbocycles. The number of nitrogens with zero attached hydrogens (tertiary/aromatic N) is 2. The van der Waals surface area contributed by atoms with Crippen molar-refractivity contribution < 1.29 is 4.79 Å². The Morgan fingerprint density at radius 1 is 1.07 bits per heavy atom. The first-order valence-corrected chi connectivity index (χ1v) is 11.1. The number of carbonyl (C=O) groups excluding carboxylic acids is 1. The van der Waals surface area contributed by atoms with E-state index in [1.165, 1.54) is 37.1 Å². The van der Waals surface area contributed by atoms with Crippen LogP contribution in [-0.2, 0) is 11.2 Å². The zero-order valence-corrected chi connectivity index (χ0v) is 17.7. The molecule has 28 heavy (non-hydrogen) atoms. The van der Waals surface area contributed by atoms with E-state index in [9.17, 15) is 4.79 Å². The van der Waals surface area contributed by atoms with Gasteiger partial charge < -0.3 is 10.2 Å². The average Bonchev–Trinajstić information content (AvgIpc) is 2.75. The van der Waals surface area contributed by atoms with Crippen molar-refractivity contribution >= 4 is 5.91 Å². The minimum atomic E-state index is 0.199. The highest BCUT2D eigenvalue weighted by Gasteiger charge is 2.30. The minimum absolute atomic E-state index is 0.199. The fourth-order valence-electron chi connectivity index (χ4n) is 4.53. The maximum absolute atomic E-state index is 12.5. The number of rotatable bonds is 7. The molecule has 1 aromatic carbocycles. The zero-order chi connectivity index (χ0) is 19.8. The maximum Gasteiger partial charge on any atom is 0.223 e. The molecule has 2 heterocycles. The molecule has 1 amide bonds. The van der Waals surface area contributed by atoms with Crippen LogP contribution in [0, 0.1) is 5.92 Å². The number of nitrogens with one attached hydrogen (secondary N) is 1. The van der Waals surface area contributed by atoms with Gasteiger partial charge in [-0.15, -0.1) is 0 Å². The van der Waals surface area contributed by atoms with E-state index in [1.54, 1.807) is 0 Å². The van der Waals surface area contributed by atoms with Crippen molar-refractivity contribution in [1.29, 1.82) is 0 Å². The molecule has 0 saturated carbocycles. The standard InChI is InChI=1S/C24H37N3O/c1-3-20(2)19-26-15-12-23(13-16-26)27-17-10-22(11-18-27)24(28)25-14-9-21-7-5-4-6-8-21/h3-8,22-23H,9-19H2,1-2H3,(H,25,28). The molecule has 4 heteroatoms. The number of benzene rings is 1. The summed E-state index contributed by atoms with van der Waals surface area (Å²) in [6.45, 7) is 10.8. The van der Waals surface area contributed by atoms with Gasteiger partial charge in [-0.3, -0.25) is 9.69 Å². The maximum atomic E-state index is 12.5. The van der Waals surface area contributed by atoms with E-state index in [0.717, 1.165) is 45.4 Å². The molecule has 1 N–H and O–H groups in total. The quantitative estimate of drug-likeness (QED) is 0.732. The molecule has 2 saturated heterocycles. The van der Waals surface area contributed by atoms with Gasteiger partial charge in [0.15, 0.2) is 0 Å². The molecule has 0 spiro atoms. The van der Waals surface area contributed by atoms with Gasteiger partial charge in [0.05, 0.1) is 0 Å². The van der Waals surface area contributed by atoms with Crippen molar-refractivity contribution in [3.8, 4) is 0 Å². The van der Waals surface area contributed by atoms with E-state index >= 15 is 0 Å². The third kappa shape index (κ3) is 6.18. The molecular weight excluding hydrogens is 346 g/mol. The smallest absolute Gasteiger partial charge is 0.223 e. The van der Waals surface area contributed by atoms with Gasteiger partial charge in [-0.1, -0.05) is 42.0 Å². The molecule has 154 valence electrons. The third-order valence-electron chi connectivity index (χ3n) is 6.50. The predicted octanol–water partition coefficient (Wildman–Crippen LogP) is 3.49. The van der Waals surface area contributed by atoms with Crippen LogP contribution in [0.5, 0.6) is 0 Å². The van der Waals surface area contributed by atoms with E-state index in [-0.39, 0.29) is 11.8 Å². The molecule has 0 radical (unpaired) electrons. The number of hydrogen-bond acceptors (Lipinski definition) is 3. The molecule has 2 aliphatic heterocycles. The summed E-state index contributed by atoms with van der Waals surface area (Å²) < 4.78 is 0. The van der Waals surface area contributed by atoms with Crippen molar-refractivity contribution in [2.45, 2.75) is 52.0 Å². The normalized spacial score (nSPS) is 21.0. The summed E-state index contributed by atoms with van der Waals surface area (Å²) >= 11 is 0. The largest absolute Gasteiger partial charge is 0.356 e. The first-order valence-electron chi connectivity index (χ1n) is 11.1. The summed E-state index contributed by atoms with van der Waals surface area (Å²) in [5, 5.41) is 3.16. The summed E-state index contributed by atoms with van der Waals surface area (Å²) in [6.07, 6.45) is 7.69. The topological polar surface area (TPSA) is 35.6 Å². The summed E-state index contributed by atoms with van der Waals surface area (Å²) in [5.74, 6) is 0.455. The summed E-state index contributed by atoms with van der Waals surface area (Å²) in [5.41, 5.74) is 2.76. The molecule has 0 unspecified atom stereocenters. The number of allylic oxidation sites excluding steroid dienone is 1. The summed E-state index contributed by atoms with van der Waals surface area (Å²) in [7, 11) is 0. The van der Waals surface area contributed by atoms with Gasteiger partial charge in [0.2, 0.25) is 5.91 Å². The molecule has 2 aliphatic rings. The van der Waals surface area contributed by atoms with E-state index in [1.807, 2.05) is 6.07 Å². The molecular formula is C24H37N3O. The number of piperidine rings is 2. The van der Waals surface area contributed by atoms with Gasteiger partial charge in [-0.2, -0.15) is 0 Å². The highest BCUT2D eigenvalue weighted by molar-refractivity contribution is 5.78. The van der Waals surface area contributed by atoms with Crippen LogP contribution >= 0.6 is 0 Å². The minimum Gasteiger partial charge on any atom is -0.356 e. The first-order chi connectivity index (χ1) is 13.7. The second-order valence-electron chi connectivity index (χ2n) is 8.48.